The van der Waals surface area contributed by atoms with Gasteiger partial charge < -0.3 is 14.6 Å². The molecule has 0 aromatic heterocycles. The fourth-order valence-corrected chi connectivity index (χ4v) is 0.946. The Hall–Kier alpha value is -1.38. The average molecular weight is 227 g/mol. The summed E-state index contributed by atoms with van der Waals surface area (Å²) in [6.45, 7) is 5.05. The molecule has 5 heteroatoms. The summed E-state index contributed by atoms with van der Waals surface area (Å²) >= 11 is 0. The van der Waals surface area contributed by atoms with E-state index in [2.05, 4.69) is 0 Å². The van der Waals surface area contributed by atoms with E-state index >= 15 is 0 Å². The van der Waals surface area contributed by atoms with E-state index in [-0.39, 0.29) is 24.7 Å². The second-order valence-electron chi connectivity index (χ2n) is 3.39. The minimum atomic E-state index is -1.08. The van der Waals surface area contributed by atoms with Gasteiger partial charge in [0, 0.05) is 18.1 Å². The molecule has 0 aliphatic heterocycles. The number of nitrogens with zero attached hydrogens (tertiary/aromatic N) is 1. The number of carboxylic acids is 1. The van der Waals surface area contributed by atoms with Crippen LogP contribution >= 0.6 is 0 Å². The van der Waals surface area contributed by atoms with Crippen molar-refractivity contribution in [3.05, 3.63) is 11.6 Å². The summed E-state index contributed by atoms with van der Waals surface area (Å²) < 4.78 is 10.4. The standard InChI is InChI=1S/C11H17NO4/c1-9(2)16-8-7-15-6-4-10(3-5-12)11(13)14/h3,9H,4,6-8H2,1-2H3,(H,13,14). The molecule has 1 N–H and O–H groups in total. The summed E-state index contributed by atoms with van der Waals surface area (Å²) in [7, 11) is 0. The second kappa shape index (κ2) is 8.89. The number of ether oxygens (including phenoxy) is 2. The van der Waals surface area contributed by atoms with Gasteiger partial charge >= 0.3 is 5.97 Å². The highest BCUT2D eigenvalue weighted by Crippen LogP contribution is 2.01. The zero-order chi connectivity index (χ0) is 12.4. The van der Waals surface area contributed by atoms with Gasteiger partial charge in [0.05, 0.1) is 32.0 Å². The zero-order valence-corrected chi connectivity index (χ0v) is 9.60. The van der Waals surface area contributed by atoms with E-state index < -0.39 is 5.97 Å². The van der Waals surface area contributed by atoms with Crippen molar-refractivity contribution in [3.63, 3.8) is 0 Å². The lowest BCUT2D eigenvalue weighted by molar-refractivity contribution is -0.132. The Bertz CT molecular complexity index is 278. The summed E-state index contributed by atoms with van der Waals surface area (Å²) in [5.74, 6) is -1.08. The van der Waals surface area contributed by atoms with Crippen molar-refractivity contribution in [3.8, 4) is 6.07 Å². The molecule has 0 aliphatic rings. The largest absolute Gasteiger partial charge is 0.478 e. The summed E-state index contributed by atoms with van der Waals surface area (Å²) in [6.07, 6.45) is 1.41. The number of rotatable bonds is 8. The normalized spacial score (nSPS) is 11.5. The van der Waals surface area contributed by atoms with Crippen LogP contribution < -0.4 is 0 Å². The van der Waals surface area contributed by atoms with Gasteiger partial charge in [0.15, 0.2) is 0 Å². The van der Waals surface area contributed by atoms with E-state index in [4.69, 9.17) is 19.8 Å². The Morgan fingerprint density at radius 3 is 2.62 bits per heavy atom. The third-order valence-corrected chi connectivity index (χ3v) is 1.71. The van der Waals surface area contributed by atoms with Crippen LogP contribution in [0, 0.1) is 11.3 Å². The first-order chi connectivity index (χ1) is 7.57. The molecule has 0 saturated carbocycles. The van der Waals surface area contributed by atoms with Gasteiger partial charge in [0.2, 0.25) is 0 Å². The molecule has 0 radical (unpaired) electrons. The quantitative estimate of drug-likeness (QED) is 0.384. The summed E-state index contributed by atoms with van der Waals surface area (Å²) in [4.78, 5) is 10.6. The average Bonchev–Trinajstić information content (AvgIpc) is 2.20. The number of hydrogen-bond acceptors (Lipinski definition) is 4. The molecule has 0 aromatic carbocycles. The van der Waals surface area contributed by atoms with Crippen molar-refractivity contribution in [1.29, 1.82) is 5.26 Å². The molecule has 0 saturated heterocycles. The van der Waals surface area contributed by atoms with E-state index in [1.165, 1.54) is 0 Å². The van der Waals surface area contributed by atoms with Gasteiger partial charge in [-0.1, -0.05) is 0 Å². The van der Waals surface area contributed by atoms with Crippen LogP contribution in [0.3, 0.4) is 0 Å². The third-order valence-electron chi connectivity index (χ3n) is 1.71. The van der Waals surface area contributed by atoms with Crippen LogP contribution in [0.1, 0.15) is 20.3 Å². The topological polar surface area (TPSA) is 79.5 Å². The Morgan fingerprint density at radius 2 is 2.12 bits per heavy atom. The van der Waals surface area contributed by atoms with Crippen molar-refractivity contribution in [1.82, 2.24) is 0 Å². The molecule has 0 fully saturated rings. The molecular formula is C11H17NO4. The van der Waals surface area contributed by atoms with Crippen molar-refractivity contribution in [2.45, 2.75) is 26.4 Å². The monoisotopic (exact) mass is 227 g/mol. The zero-order valence-electron chi connectivity index (χ0n) is 9.60. The van der Waals surface area contributed by atoms with Crippen LogP contribution in [0.25, 0.3) is 0 Å². The van der Waals surface area contributed by atoms with E-state index in [0.29, 0.717) is 13.2 Å². The van der Waals surface area contributed by atoms with Gasteiger partial charge in [-0.25, -0.2) is 4.79 Å². The fraction of sp³-hybridized carbons (Fsp3) is 0.636. The van der Waals surface area contributed by atoms with Crippen molar-refractivity contribution < 1.29 is 19.4 Å². The maximum atomic E-state index is 10.6. The molecule has 0 aliphatic carbocycles. The number of allylic oxidation sites excluding steroid dienone is 1. The molecule has 5 nitrogen and oxygen atoms in total. The Balaban J connectivity index is 3.61. The Kier molecular flexibility index (Phi) is 8.12. The summed E-state index contributed by atoms with van der Waals surface area (Å²) in [5, 5.41) is 17.0. The maximum Gasteiger partial charge on any atom is 0.332 e. The third kappa shape index (κ3) is 7.97. The first-order valence-corrected chi connectivity index (χ1v) is 5.09. The number of hydrogen-bond donors (Lipinski definition) is 1. The molecule has 90 valence electrons. The van der Waals surface area contributed by atoms with E-state index in [1.54, 1.807) is 6.07 Å². The highest BCUT2D eigenvalue weighted by Gasteiger charge is 2.06. The van der Waals surface area contributed by atoms with Crippen LogP contribution in [-0.4, -0.2) is 37.0 Å². The first kappa shape index (κ1) is 14.6. The molecule has 0 bridgehead atoms. The number of nitriles is 1. The van der Waals surface area contributed by atoms with Crippen LogP contribution in [0.2, 0.25) is 0 Å². The number of carboxylic acid groups (broad SMARTS) is 1. The molecular weight excluding hydrogens is 210 g/mol. The van der Waals surface area contributed by atoms with Gasteiger partial charge in [-0.15, -0.1) is 0 Å². The fourth-order valence-electron chi connectivity index (χ4n) is 0.946. The van der Waals surface area contributed by atoms with E-state index in [1.807, 2.05) is 13.8 Å². The highest BCUT2D eigenvalue weighted by atomic mass is 16.5. The molecule has 0 unspecified atom stereocenters. The van der Waals surface area contributed by atoms with Crippen LogP contribution in [0.15, 0.2) is 11.6 Å². The van der Waals surface area contributed by atoms with Gasteiger partial charge in [0.25, 0.3) is 0 Å². The molecule has 0 amide bonds. The van der Waals surface area contributed by atoms with Crippen molar-refractivity contribution in [2.75, 3.05) is 19.8 Å². The first-order valence-electron chi connectivity index (χ1n) is 5.09. The molecule has 0 aromatic rings. The SMILES string of the molecule is CC(C)OCCOCCC(=CC#N)C(=O)O. The minimum absolute atomic E-state index is 0.0623. The molecule has 0 atom stereocenters. The molecule has 0 spiro atoms. The van der Waals surface area contributed by atoms with Crippen LogP contribution in [0.4, 0.5) is 0 Å². The predicted octanol–water partition coefficient (Wildman–Crippen LogP) is 1.35. The number of carbonyl (C=O) groups is 1. The Labute approximate surface area is 95.3 Å². The van der Waals surface area contributed by atoms with Crippen LogP contribution in [-0.2, 0) is 14.3 Å². The Morgan fingerprint density at radius 1 is 1.44 bits per heavy atom. The maximum absolute atomic E-state index is 10.6. The lowest BCUT2D eigenvalue weighted by Gasteiger charge is -2.07. The predicted molar refractivity (Wildman–Crippen MR) is 57.9 cm³/mol. The molecule has 16 heavy (non-hydrogen) atoms. The lowest BCUT2D eigenvalue weighted by Crippen LogP contribution is -2.11. The van der Waals surface area contributed by atoms with Gasteiger partial charge in [-0.2, -0.15) is 5.26 Å². The molecule has 0 heterocycles. The van der Waals surface area contributed by atoms with E-state index in [9.17, 15) is 4.79 Å². The van der Waals surface area contributed by atoms with Crippen molar-refractivity contribution >= 4 is 5.97 Å². The second-order valence-corrected chi connectivity index (χ2v) is 3.39. The van der Waals surface area contributed by atoms with Gasteiger partial charge in [-0.3, -0.25) is 0 Å². The lowest BCUT2D eigenvalue weighted by atomic mass is 10.2. The summed E-state index contributed by atoms with van der Waals surface area (Å²) in [5.41, 5.74) is 0.0623. The minimum Gasteiger partial charge on any atom is -0.478 e. The van der Waals surface area contributed by atoms with Crippen LogP contribution in [0.5, 0.6) is 0 Å². The van der Waals surface area contributed by atoms with Crippen molar-refractivity contribution in [2.24, 2.45) is 0 Å². The highest BCUT2D eigenvalue weighted by molar-refractivity contribution is 5.87. The molecule has 0 rings (SSSR count). The van der Waals surface area contributed by atoms with Gasteiger partial charge in [-0.05, 0) is 13.8 Å². The van der Waals surface area contributed by atoms with E-state index in [0.717, 1.165) is 6.08 Å². The smallest absolute Gasteiger partial charge is 0.332 e. The summed E-state index contributed by atoms with van der Waals surface area (Å²) in [6, 6.07) is 1.69. The number of aliphatic carboxylic acids is 1. The van der Waals surface area contributed by atoms with Gasteiger partial charge in [0.1, 0.15) is 0 Å².